The van der Waals surface area contributed by atoms with E-state index in [1.807, 2.05) is 27.7 Å². The molecule has 0 saturated carbocycles. The summed E-state index contributed by atoms with van der Waals surface area (Å²) >= 11 is 0. The number of carbonyl (C=O) groups is 2. The molecule has 2 amide bonds. The highest BCUT2D eigenvalue weighted by atomic mass is 16.2. The van der Waals surface area contributed by atoms with Crippen LogP contribution in [0.5, 0.6) is 0 Å². The van der Waals surface area contributed by atoms with Crippen LogP contribution in [0.2, 0.25) is 0 Å². The molecule has 142 valence electrons. The van der Waals surface area contributed by atoms with Crippen LogP contribution in [-0.2, 0) is 9.59 Å². The predicted octanol–water partition coefficient (Wildman–Crippen LogP) is 4.43. The van der Waals surface area contributed by atoms with Gasteiger partial charge in [0.05, 0.1) is 0 Å². The summed E-state index contributed by atoms with van der Waals surface area (Å²) in [6, 6.07) is 0. The van der Waals surface area contributed by atoms with Crippen molar-refractivity contribution in [2.24, 2.45) is 11.8 Å². The zero-order valence-electron chi connectivity index (χ0n) is 16.5. The lowest BCUT2D eigenvalue weighted by molar-refractivity contribution is -0.124. The normalized spacial score (nSPS) is 11.1. The Hall–Kier alpha value is -1.06. The van der Waals surface area contributed by atoms with Gasteiger partial charge in [0, 0.05) is 24.9 Å². The van der Waals surface area contributed by atoms with Crippen LogP contribution < -0.4 is 10.6 Å². The number of hydrogen-bond donors (Lipinski definition) is 2. The Bertz CT molecular complexity index is 296. The molecule has 24 heavy (non-hydrogen) atoms. The maximum Gasteiger partial charge on any atom is 0.222 e. The molecule has 0 radical (unpaired) electrons. The van der Waals surface area contributed by atoms with E-state index in [2.05, 4.69) is 10.6 Å². The first-order valence-electron chi connectivity index (χ1n) is 10.0. The Labute approximate surface area is 149 Å². The van der Waals surface area contributed by atoms with Gasteiger partial charge in [-0.05, 0) is 12.8 Å². The number of carbonyl (C=O) groups excluding carboxylic acids is 2. The Morgan fingerprint density at radius 3 is 1.04 bits per heavy atom. The highest BCUT2D eigenvalue weighted by Crippen LogP contribution is 2.10. The summed E-state index contributed by atoms with van der Waals surface area (Å²) < 4.78 is 0. The van der Waals surface area contributed by atoms with Gasteiger partial charge in [0.15, 0.2) is 0 Å². The molecule has 0 aliphatic heterocycles. The number of hydrogen-bond acceptors (Lipinski definition) is 2. The van der Waals surface area contributed by atoms with Crippen molar-refractivity contribution in [3.8, 4) is 0 Å². The zero-order valence-corrected chi connectivity index (χ0v) is 16.5. The van der Waals surface area contributed by atoms with Crippen molar-refractivity contribution < 1.29 is 9.59 Å². The average Bonchev–Trinajstić information content (AvgIpc) is 2.54. The van der Waals surface area contributed by atoms with Crippen LogP contribution in [0.25, 0.3) is 0 Å². The van der Waals surface area contributed by atoms with Crippen molar-refractivity contribution in [3.63, 3.8) is 0 Å². The van der Waals surface area contributed by atoms with Crippen molar-refractivity contribution >= 4 is 11.8 Å². The van der Waals surface area contributed by atoms with E-state index in [0.717, 1.165) is 25.9 Å². The highest BCUT2D eigenvalue weighted by molar-refractivity contribution is 5.78. The van der Waals surface area contributed by atoms with Gasteiger partial charge < -0.3 is 10.6 Å². The topological polar surface area (TPSA) is 58.2 Å². The van der Waals surface area contributed by atoms with Crippen molar-refractivity contribution in [2.45, 2.75) is 91.9 Å². The molecule has 0 spiro atoms. The molecule has 0 atom stereocenters. The van der Waals surface area contributed by atoms with Gasteiger partial charge in [-0.2, -0.15) is 0 Å². The number of rotatable bonds is 15. The van der Waals surface area contributed by atoms with E-state index in [9.17, 15) is 9.59 Å². The molecule has 0 unspecified atom stereocenters. The summed E-state index contributed by atoms with van der Waals surface area (Å²) in [7, 11) is 0. The molecular formula is C20H40N2O2. The largest absolute Gasteiger partial charge is 0.356 e. The van der Waals surface area contributed by atoms with E-state index >= 15 is 0 Å². The number of amides is 2. The number of unbranched alkanes of at least 4 members (excludes halogenated alkanes) is 9. The second-order valence-corrected chi connectivity index (χ2v) is 7.43. The predicted molar refractivity (Wildman–Crippen MR) is 102 cm³/mol. The summed E-state index contributed by atoms with van der Waals surface area (Å²) in [5, 5.41) is 5.93. The van der Waals surface area contributed by atoms with E-state index in [1.165, 1.54) is 51.4 Å². The van der Waals surface area contributed by atoms with Crippen LogP contribution in [0.3, 0.4) is 0 Å². The molecule has 0 aliphatic rings. The first-order valence-corrected chi connectivity index (χ1v) is 10.0. The maximum absolute atomic E-state index is 11.4. The third-order valence-corrected chi connectivity index (χ3v) is 4.25. The maximum atomic E-state index is 11.4. The van der Waals surface area contributed by atoms with E-state index in [-0.39, 0.29) is 23.7 Å². The van der Waals surface area contributed by atoms with Crippen LogP contribution in [0.4, 0.5) is 0 Å². The first-order chi connectivity index (χ1) is 11.4. The molecule has 0 rings (SSSR count). The molecule has 0 aromatic rings. The molecule has 0 aromatic heterocycles. The first kappa shape index (κ1) is 22.9. The minimum absolute atomic E-state index is 0.0940. The van der Waals surface area contributed by atoms with Gasteiger partial charge in [0.1, 0.15) is 0 Å². The van der Waals surface area contributed by atoms with Crippen molar-refractivity contribution in [2.75, 3.05) is 13.1 Å². The summed E-state index contributed by atoms with van der Waals surface area (Å²) in [6.45, 7) is 9.36. The van der Waals surface area contributed by atoms with Gasteiger partial charge >= 0.3 is 0 Å². The van der Waals surface area contributed by atoms with Gasteiger partial charge in [0.25, 0.3) is 0 Å². The zero-order chi connectivity index (χ0) is 18.2. The lowest BCUT2D eigenvalue weighted by Gasteiger charge is -2.08. The molecule has 4 heteroatoms. The standard InChI is InChI=1S/C20H40N2O2/c1-17(2)19(23)21-15-13-11-9-7-5-6-8-10-12-14-16-22-20(24)18(3)4/h17-18H,5-16H2,1-4H3,(H,21,23)(H,22,24). The van der Waals surface area contributed by atoms with Gasteiger partial charge in [0.2, 0.25) is 11.8 Å². The molecule has 0 saturated heterocycles. The fraction of sp³-hybridized carbons (Fsp3) is 0.900. The molecule has 2 N–H and O–H groups in total. The summed E-state index contributed by atoms with van der Waals surface area (Å²) in [6.07, 6.45) is 12.4. The quantitative estimate of drug-likeness (QED) is 0.433. The van der Waals surface area contributed by atoms with Crippen LogP contribution in [0.1, 0.15) is 91.9 Å². The lowest BCUT2D eigenvalue weighted by atomic mass is 10.1. The molecule has 0 heterocycles. The summed E-state index contributed by atoms with van der Waals surface area (Å²) in [5.41, 5.74) is 0. The van der Waals surface area contributed by atoms with E-state index in [4.69, 9.17) is 0 Å². The molecule has 0 aromatic carbocycles. The molecular weight excluding hydrogens is 300 g/mol. The van der Waals surface area contributed by atoms with Gasteiger partial charge in [-0.1, -0.05) is 79.1 Å². The van der Waals surface area contributed by atoms with E-state index < -0.39 is 0 Å². The van der Waals surface area contributed by atoms with Crippen molar-refractivity contribution in [1.29, 1.82) is 0 Å². The molecule has 0 aliphatic carbocycles. The molecule has 0 bridgehead atoms. The fourth-order valence-corrected chi connectivity index (χ4v) is 2.50. The Morgan fingerprint density at radius 1 is 0.542 bits per heavy atom. The molecule has 4 nitrogen and oxygen atoms in total. The van der Waals surface area contributed by atoms with Crippen LogP contribution >= 0.6 is 0 Å². The van der Waals surface area contributed by atoms with Gasteiger partial charge in [-0.15, -0.1) is 0 Å². The monoisotopic (exact) mass is 340 g/mol. The Balaban J connectivity index is 3.15. The van der Waals surface area contributed by atoms with E-state index in [1.54, 1.807) is 0 Å². The molecule has 0 fully saturated rings. The second kappa shape index (κ2) is 15.5. The smallest absolute Gasteiger partial charge is 0.222 e. The van der Waals surface area contributed by atoms with Gasteiger partial charge in [-0.3, -0.25) is 9.59 Å². The third kappa shape index (κ3) is 14.5. The number of nitrogens with one attached hydrogen (secondary N) is 2. The van der Waals surface area contributed by atoms with Crippen molar-refractivity contribution in [1.82, 2.24) is 10.6 Å². The SMILES string of the molecule is CC(C)C(=O)NCCCCCCCCCCCCNC(=O)C(C)C. The minimum Gasteiger partial charge on any atom is -0.356 e. The average molecular weight is 341 g/mol. The third-order valence-electron chi connectivity index (χ3n) is 4.25. The second-order valence-electron chi connectivity index (χ2n) is 7.43. The van der Waals surface area contributed by atoms with Crippen LogP contribution in [0.15, 0.2) is 0 Å². The van der Waals surface area contributed by atoms with Crippen LogP contribution in [0, 0.1) is 11.8 Å². The fourth-order valence-electron chi connectivity index (χ4n) is 2.50. The Kier molecular flexibility index (Phi) is 14.8. The summed E-state index contributed by atoms with van der Waals surface area (Å²) in [5.74, 6) is 0.519. The van der Waals surface area contributed by atoms with E-state index in [0.29, 0.717) is 0 Å². The van der Waals surface area contributed by atoms with Crippen LogP contribution in [-0.4, -0.2) is 24.9 Å². The highest BCUT2D eigenvalue weighted by Gasteiger charge is 2.05. The lowest BCUT2D eigenvalue weighted by Crippen LogP contribution is -2.28. The summed E-state index contributed by atoms with van der Waals surface area (Å²) in [4.78, 5) is 22.8. The minimum atomic E-state index is 0.0940. The van der Waals surface area contributed by atoms with Gasteiger partial charge in [-0.25, -0.2) is 0 Å². The van der Waals surface area contributed by atoms with Crippen molar-refractivity contribution in [3.05, 3.63) is 0 Å². The Morgan fingerprint density at radius 2 is 0.792 bits per heavy atom.